The molecule has 1 aromatic rings. The summed E-state index contributed by atoms with van der Waals surface area (Å²) in [5.41, 5.74) is 6.47. The minimum atomic E-state index is -3.58. The third-order valence-corrected chi connectivity index (χ3v) is 5.63. The van der Waals surface area contributed by atoms with Crippen molar-refractivity contribution in [3.05, 3.63) is 29.6 Å². The van der Waals surface area contributed by atoms with E-state index in [0.29, 0.717) is 11.3 Å². The number of nitrogens with zero attached hydrogens (tertiary/aromatic N) is 2. The number of nitrogens with two attached hydrogens (primary N) is 1. The molecule has 0 unspecified atom stereocenters. The third kappa shape index (κ3) is 2.00. The standard InChI is InChI=1S/C11H13N3O3S2/c1-11(2)10(15)14(19(11,16)17)6-7-3-4-13-8(5-7)9(12)18/h3-5H,6H2,1-2H3,(H2,12,18). The average molecular weight is 299 g/mol. The zero-order valence-electron chi connectivity index (χ0n) is 10.5. The van der Waals surface area contributed by atoms with Crippen molar-refractivity contribution in [2.24, 2.45) is 5.73 Å². The van der Waals surface area contributed by atoms with E-state index in [2.05, 4.69) is 4.98 Å². The van der Waals surface area contributed by atoms with Crippen molar-refractivity contribution < 1.29 is 13.2 Å². The predicted molar refractivity (Wildman–Crippen MR) is 73.7 cm³/mol. The van der Waals surface area contributed by atoms with Gasteiger partial charge in [0.05, 0.1) is 12.2 Å². The van der Waals surface area contributed by atoms with Gasteiger partial charge in [0.2, 0.25) is 0 Å². The second kappa shape index (κ2) is 4.24. The van der Waals surface area contributed by atoms with Crippen molar-refractivity contribution in [1.82, 2.24) is 9.29 Å². The van der Waals surface area contributed by atoms with Gasteiger partial charge in [0.1, 0.15) is 4.99 Å². The topological polar surface area (TPSA) is 93.4 Å². The summed E-state index contributed by atoms with van der Waals surface area (Å²) in [6.07, 6.45) is 1.48. The normalized spacial score (nSPS) is 19.9. The van der Waals surface area contributed by atoms with Crippen LogP contribution in [0, 0.1) is 0 Å². The highest BCUT2D eigenvalue weighted by molar-refractivity contribution is 7.94. The lowest BCUT2D eigenvalue weighted by atomic mass is 10.1. The number of amides is 1. The van der Waals surface area contributed by atoms with E-state index in [0.717, 1.165) is 4.31 Å². The quantitative estimate of drug-likeness (QED) is 0.800. The molecule has 1 aliphatic heterocycles. The third-order valence-electron chi connectivity index (χ3n) is 3.08. The fourth-order valence-electron chi connectivity index (χ4n) is 1.79. The van der Waals surface area contributed by atoms with Crippen LogP contribution in [0.5, 0.6) is 0 Å². The summed E-state index contributed by atoms with van der Waals surface area (Å²) in [7, 11) is -3.58. The molecule has 19 heavy (non-hydrogen) atoms. The van der Waals surface area contributed by atoms with E-state index in [1.807, 2.05) is 0 Å². The maximum atomic E-state index is 11.9. The molecule has 1 fully saturated rings. The van der Waals surface area contributed by atoms with Gasteiger partial charge in [-0.15, -0.1) is 0 Å². The zero-order valence-corrected chi connectivity index (χ0v) is 12.1. The van der Waals surface area contributed by atoms with Crippen molar-refractivity contribution in [3.8, 4) is 0 Å². The van der Waals surface area contributed by atoms with Crippen LogP contribution in [0.25, 0.3) is 0 Å². The molecule has 0 saturated carbocycles. The van der Waals surface area contributed by atoms with Gasteiger partial charge < -0.3 is 5.73 Å². The summed E-state index contributed by atoms with van der Waals surface area (Å²) in [5.74, 6) is -0.416. The van der Waals surface area contributed by atoms with Gasteiger partial charge in [-0.25, -0.2) is 12.7 Å². The van der Waals surface area contributed by atoms with Crippen LogP contribution >= 0.6 is 12.2 Å². The van der Waals surface area contributed by atoms with Gasteiger partial charge in [-0.2, -0.15) is 0 Å². The van der Waals surface area contributed by atoms with Crippen molar-refractivity contribution in [2.75, 3.05) is 0 Å². The Kier molecular flexibility index (Phi) is 3.10. The highest BCUT2D eigenvalue weighted by atomic mass is 32.2. The SMILES string of the molecule is CC1(C)C(=O)N(Cc2ccnc(C(N)=S)c2)S1(=O)=O. The van der Waals surface area contributed by atoms with Crippen molar-refractivity contribution in [2.45, 2.75) is 25.1 Å². The van der Waals surface area contributed by atoms with Crippen molar-refractivity contribution in [3.63, 3.8) is 0 Å². The molecule has 2 heterocycles. The Morgan fingerprint density at radius 1 is 1.53 bits per heavy atom. The van der Waals surface area contributed by atoms with Crippen LogP contribution in [-0.2, 0) is 21.4 Å². The van der Waals surface area contributed by atoms with Crippen LogP contribution in [0.15, 0.2) is 18.3 Å². The monoisotopic (exact) mass is 299 g/mol. The number of aromatic nitrogens is 1. The van der Waals surface area contributed by atoms with Crippen LogP contribution in [0.2, 0.25) is 0 Å². The molecule has 0 aromatic carbocycles. The van der Waals surface area contributed by atoms with Crippen LogP contribution in [0.1, 0.15) is 25.1 Å². The molecule has 6 nitrogen and oxygen atoms in total. The molecule has 0 aliphatic carbocycles. The Bertz CT molecular complexity index is 668. The van der Waals surface area contributed by atoms with E-state index in [4.69, 9.17) is 18.0 Å². The summed E-state index contributed by atoms with van der Waals surface area (Å²) in [4.78, 5) is 15.9. The number of thiocarbonyl (C=S) groups is 1. The molecular formula is C11H13N3O3S2. The molecule has 8 heteroatoms. The molecule has 0 atom stereocenters. The lowest BCUT2D eigenvalue weighted by Crippen LogP contribution is -2.66. The number of rotatable bonds is 3. The van der Waals surface area contributed by atoms with Crippen LogP contribution in [0.4, 0.5) is 0 Å². The molecule has 1 aromatic heterocycles. The number of hydrogen-bond acceptors (Lipinski definition) is 5. The van der Waals surface area contributed by atoms with E-state index in [1.165, 1.54) is 20.0 Å². The Labute approximate surface area is 116 Å². The van der Waals surface area contributed by atoms with Crippen LogP contribution in [0.3, 0.4) is 0 Å². The fourth-order valence-corrected chi connectivity index (χ4v) is 3.41. The highest BCUT2D eigenvalue weighted by Crippen LogP contribution is 2.35. The number of carbonyl (C=O) groups excluding carboxylic acids is 1. The second-order valence-corrected chi connectivity index (χ2v) is 7.59. The fraction of sp³-hybridized carbons (Fsp3) is 0.364. The number of pyridine rings is 1. The first-order chi connectivity index (χ1) is 8.68. The van der Waals surface area contributed by atoms with Gasteiger partial charge >= 0.3 is 0 Å². The van der Waals surface area contributed by atoms with Gasteiger partial charge in [-0.05, 0) is 31.5 Å². The molecular weight excluding hydrogens is 286 g/mol. The summed E-state index contributed by atoms with van der Waals surface area (Å²) in [6.45, 7) is 2.77. The summed E-state index contributed by atoms with van der Waals surface area (Å²) in [6, 6.07) is 3.20. The van der Waals surface area contributed by atoms with Gasteiger partial charge in [-0.3, -0.25) is 9.78 Å². The van der Waals surface area contributed by atoms with Gasteiger partial charge in [0.25, 0.3) is 15.9 Å². The molecule has 0 spiro atoms. The number of sulfonamides is 1. The van der Waals surface area contributed by atoms with Crippen molar-refractivity contribution >= 4 is 33.1 Å². The maximum Gasteiger partial charge on any atom is 0.259 e. The first-order valence-electron chi connectivity index (χ1n) is 5.49. The Morgan fingerprint density at radius 2 is 2.16 bits per heavy atom. The van der Waals surface area contributed by atoms with E-state index in [9.17, 15) is 13.2 Å². The van der Waals surface area contributed by atoms with E-state index >= 15 is 0 Å². The summed E-state index contributed by atoms with van der Waals surface area (Å²) in [5, 5.41) is 0. The minimum Gasteiger partial charge on any atom is -0.388 e. The van der Waals surface area contributed by atoms with Gasteiger partial charge in [0.15, 0.2) is 4.75 Å². The molecule has 0 radical (unpaired) electrons. The van der Waals surface area contributed by atoms with E-state index in [-0.39, 0.29) is 11.5 Å². The molecule has 1 aliphatic rings. The zero-order chi connectivity index (χ0) is 14.4. The van der Waals surface area contributed by atoms with Crippen LogP contribution < -0.4 is 5.73 Å². The lowest BCUT2D eigenvalue weighted by Gasteiger charge is -2.43. The Hall–Kier alpha value is -1.54. The number of hydrogen-bond donors (Lipinski definition) is 1. The first kappa shape index (κ1) is 13.9. The van der Waals surface area contributed by atoms with Crippen molar-refractivity contribution in [1.29, 1.82) is 0 Å². The van der Waals surface area contributed by atoms with Gasteiger partial charge in [-0.1, -0.05) is 12.2 Å². The Morgan fingerprint density at radius 3 is 2.68 bits per heavy atom. The molecule has 1 saturated heterocycles. The number of carbonyl (C=O) groups is 1. The summed E-state index contributed by atoms with van der Waals surface area (Å²) >= 11 is 4.80. The molecule has 102 valence electrons. The second-order valence-electron chi connectivity index (χ2n) is 4.74. The van der Waals surface area contributed by atoms with E-state index in [1.54, 1.807) is 12.1 Å². The first-order valence-corrected chi connectivity index (χ1v) is 7.34. The van der Waals surface area contributed by atoms with Crippen LogP contribution in [-0.4, -0.2) is 33.3 Å². The van der Waals surface area contributed by atoms with E-state index < -0.39 is 20.7 Å². The minimum absolute atomic E-state index is 0.0251. The lowest BCUT2D eigenvalue weighted by molar-refractivity contribution is -0.132. The maximum absolute atomic E-state index is 11.9. The highest BCUT2D eigenvalue weighted by Gasteiger charge is 2.59. The average Bonchev–Trinajstić information content (AvgIpc) is 2.35. The molecule has 2 rings (SSSR count). The summed E-state index contributed by atoms with van der Waals surface area (Å²) < 4.78 is 23.4. The Balaban J connectivity index is 2.27. The largest absolute Gasteiger partial charge is 0.388 e. The predicted octanol–water partition coefficient (Wildman–Crippen LogP) is 0.166. The molecule has 2 N–H and O–H groups in total. The molecule has 1 amide bonds. The smallest absolute Gasteiger partial charge is 0.259 e. The molecule has 0 bridgehead atoms. The van der Waals surface area contributed by atoms with Gasteiger partial charge in [0, 0.05) is 6.20 Å².